The number of unbranched alkanes of at least 4 members (excludes halogenated alkanes) is 1. The van der Waals surface area contributed by atoms with Crippen LogP contribution in [0.4, 0.5) is 0 Å². The van der Waals surface area contributed by atoms with Crippen LogP contribution < -0.4 is 5.32 Å². The molecule has 2 nitrogen and oxygen atoms in total. The fourth-order valence-electron chi connectivity index (χ4n) is 0.678. The Bertz CT molecular complexity index is 53.6. The van der Waals surface area contributed by atoms with Crippen LogP contribution in [0, 0.1) is 0 Å². The highest BCUT2D eigenvalue weighted by atomic mass is 127. The van der Waals surface area contributed by atoms with Gasteiger partial charge in [0.05, 0.1) is 6.61 Å². The van der Waals surface area contributed by atoms with Gasteiger partial charge in [-0.25, -0.2) is 0 Å². The van der Waals surface area contributed by atoms with Crippen molar-refractivity contribution >= 4 is 23.0 Å². The Kier molecular flexibility index (Phi) is 10.3. The van der Waals surface area contributed by atoms with Crippen LogP contribution in [0.25, 0.3) is 0 Å². The monoisotopic (exact) mass is 257 g/mol. The maximum atomic E-state index is 4.88. The number of hydrogen-bond acceptors (Lipinski definition) is 2. The van der Waals surface area contributed by atoms with Crippen LogP contribution in [0.5, 0.6) is 0 Å². The number of nitrogens with one attached hydrogen (secondary N) is 1. The highest BCUT2D eigenvalue weighted by Crippen LogP contribution is 1.88. The van der Waals surface area contributed by atoms with Gasteiger partial charge in [-0.3, -0.25) is 0 Å². The third kappa shape index (κ3) is 8.65. The van der Waals surface area contributed by atoms with Crippen LogP contribution in [0.3, 0.4) is 0 Å². The van der Waals surface area contributed by atoms with E-state index in [1.165, 1.54) is 12.8 Å². The van der Waals surface area contributed by atoms with Crippen LogP contribution in [0.1, 0.15) is 26.2 Å². The molecule has 0 fully saturated rings. The number of halogens is 1. The first-order valence-corrected chi connectivity index (χ1v) is 4.74. The predicted octanol–water partition coefficient (Wildman–Crippen LogP) is 2.13. The van der Waals surface area contributed by atoms with Gasteiger partial charge < -0.3 is 8.38 Å². The van der Waals surface area contributed by atoms with Crippen LogP contribution >= 0.6 is 23.0 Å². The Balaban J connectivity index is 2.65. The molecule has 0 radical (unpaired) electrons. The summed E-state index contributed by atoms with van der Waals surface area (Å²) < 4.78 is 4.88. The first kappa shape index (κ1) is 10.7. The lowest BCUT2D eigenvalue weighted by Gasteiger charge is -2.00. The second-order valence-electron chi connectivity index (χ2n) is 2.27. The molecule has 0 aliphatic rings. The molecule has 10 heavy (non-hydrogen) atoms. The molecular formula is C7H16INO. The van der Waals surface area contributed by atoms with Crippen molar-refractivity contribution in [1.29, 1.82) is 0 Å². The maximum Gasteiger partial charge on any atom is 0.109 e. The van der Waals surface area contributed by atoms with E-state index in [1.807, 2.05) is 23.0 Å². The third-order valence-electron chi connectivity index (χ3n) is 1.28. The summed E-state index contributed by atoms with van der Waals surface area (Å²) in [4.78, 5) is 0. The van der Waals surface area contributed by atoms with Crippen molar-refractivity contribution in [3.05, 3.63) is 0 Å². The van der Waals surface area contributed by atoms with Gasteiger partial charge >= 0.3 is 0 Å². The molecule has 0 spiro atoms. The average molecular weight is 257 g/mol. The summed E-state index contributed by atoms with van der Waals surface area (Å²) in [5.41, 5.74) is 0. The van der Waals surface area contributed by atoms with Crippen molar-refractivity contribution < 1.29 is 3.07 Å². The van der Waals surface area contributed by atoms with E-state index in [0.717, 1.165) is 26.1 Å². The highest BCUT2D eigenvalue weighted by molar-refractivity contribution is 14.1. The second-order valence-corrected chi connectivity index (χ2v) is 2.89. The first-order chi connectivity index (χ1) is 4.91. The van der Waals surface area contributed by atoms with Gasteiger partial charge in [0.25, 0.3) is 0 Å². The van der Waals surface area contributed by atoms with E-state index in [0.29, 0.717) is 0 Å². The lowest BCUT2D eigenvalue weighted by molar-refractivity contribution is 0.405. The molecule has 0 saturated carbocycles. The van der Waals surface area contributed by atoms with Gasteiger partial charge in [0.15, 0.2) is 0 Å². The molecule has 1 N–H and O–H groups in total. The average Bonchev–Trinajstić information content (AvgIpc) is 1.97. The molecule has 0 unspecified atom stereocenters. The minimum atomic E-state index is 0.861. The quantitative estimate of drug-likeness (QED) is 0.557. The zero-order chi connectivity index (χ0) is 7.66. The summed E-state index contributed by atoms with van der Waals surface area (Å²) in [6.45, 7) is 5.30. The Morgan fingerprint density at radius 1 is 1.30 bits per heavy atom. The smallest absolute Gasteiger partial charge is 0.109 e. The van der Waals surface area contributed by atoms with E-state index >= 15 is 0 Å². The predicted molar refractivity (Wildman–Crippen MR) is 52.4 cm³/mol. The van der Waals surface area contributed by atoms with Crippen LogP contribution in [-0.2, 0) is 3.07 Å². The van der Waals surface area contributed by atoms with E-state index in [1.54, 1.807) is 0 Å². The summed E-state index contributed by atoms with van der Waals surface area (Å²) in [5.74, 6) is 0. The van der Waals surface area contributed by atoms with Gasteiger partial charge in [0.2, 0.25) is 0 Å². The molecule has 0 bridgehead atoms. The fraction of sp³-hybridized carbons (Fsp3) is 1.00. The second kappa shape index (κ2) is 9.65. The summed E-state index contributed by atoms with van der Waals surface area (Å²) >= 11 is 1.93. The van der Waals surface area contributed by atoms with E-state index in [-0.39, 0.29) is 0 Å². The van der Waals surface area contributed by atoms with Crippen LogP contribution in [0.15, 0.2) is 0 Å². The molecule has 0 aliphatic carbocycles. The van der Waals surface area contributed by atoms with Gasteiger partial charge in [-0.05, 0) is 25.9 Å². The zero-order valence-electron chi connectivity index (χ0n) is 6.53. The molecule has 0 atom stereocenters. The largest absolute Gasteiger partial charge is 0.317 e. The van der Waals surface area contributed by atoms with Crippen molar-refractivity contribution in [2.75, 3.05) is 19.7 Å². The van der Waals surface area contributed by atoms with Gasteiger partial charge in [0, 0.05) is 0 Å². The molecule has 0 rings (SSSR count). The summed E-state index contributed by atoms with van der Waals surface area (Å²) in [7, 11) is 0. The summed E-state index contributed by atoms with van der Waals surface area (Å²) in [5, 5.41) is 3.34. The Morgan fingerprint density at radius 2 is 2.00 bits per heavy atom. The molecule has 0 aromatic rings. The Hall–Kier alpha value is 0.650. The Labute approximate surface area is 77.4 Å². The summed E-state index contributed by atoms with van der Waals surface area (Å²) in [6, 6.07) is 0. The van der Waals surface area contributed by atoms with Crippen LogP contribution in [-0.4, -0.2) is 19.7 Å². The van der Waals surface area contributed by atoms with Crippen molar-refractivity contribution in [3.63, 3.8) is 0 Å². The lowest BCUT2D eigenvalue weighted by atomic mass is 10.3. The van der Waals surface area contributed by atoms with E-state index in [4.69, 9.17) is 3.07 Å². The molecule has 0 aliphatic heterocycles. The third-order valence-corrected chi connectivity index (χ3v) is 1.72. The molecule has 62 valence electrons. The molecule has 0 amide bonds. The summed E-state index contributed by atoms with van der Waals surface area (Å²) in [6.07, 6.45) is 3.67. The Morgan fingerprint density at radius 3 is 2.60 bits per heavy atom. The standard InChI is InChI=1S/C7H16INO/c1-2-3-5-9-6-4-7-10-8/h9H,2-7H2,1H3. The number of hydrogen-bond donors (Lipinski definition) is 1. The van der Waals surface area contributed by atoms with Crippen LogP contribution in [0.2, 0.25) is 0 Å². The van der Waals surface area contributed by atoms with Gasteiger partial charge in [-0.15, -0.1) is 0 Å². The molecule has 0 aromatic heterocycles. The zero-order valence-corrected chi connectivity index (χ0v) is 8.69. The topological polar surface area (TPSA) is 21.3 Å². The highest BCUT2D eigenvalue weighted by Gasteiger charge is 1.86. The van der Waals surface area contributed by atoms with Crippen molar-refractivity contribution in [2.24, 2.45) is 0 Å². The van der Waals surface area contributed by atoms with Gasteiger partial charge in [-0.1, -0.05) is 13.3 Å². The normalized spacial score (nSPS) is 10.2. The van der Waals surface area contributed by atoms with E-state index in [2.05, 4.69) is 12.2 Å². The maximum absolute atomic E-state index is 4.88. The molecule has 0 heterocycles. The van der Waals surface area contributed by atoms with Crippen molar-refractivity contribution in [2.45, 2.75) is 26.2 Å². The van der Waals surface area contributed by atoms with Gasteiger partial charge in [-0.2, -0.15) is 0 Å². The van der Waals surface area contributed by atoms with E-state index < -0.39 is 0 Å². The van der Waals surface area contributed by atoms with E-state index in [9.17, 15) is 0 Å². The molecular weight excluding hydrogens is 241 g/mol. The SMILES string of the molecule is CCCCNCCCOI. The lowest BCUT2D eigenvalue weighted by Crippen LogP contribution is -2.17. The molecule has 0 saturated heterocycles. The van der Waals surface area contributed by atoms with Crippen molar-refractivity contribution in [3.8, 4) is 0 Å². The minimum absolute atomic E-state index is 0.861. The molecule has 0 aromatic carbocycles. The fourth-order valence-corrected chi connectivity index (χ4v) is 0.990. The minimum Gasteiger partial charge on any atom is -0.317 e. The molecule has 3 heteroatoms. The first-order valence-electron chi connectivity index (χ1n) is 3.86. The van der Waals surface area contributed by atoms with Crippen molar-refractivity contribution in [1.82, 2.24) is 5.32 Å². The van der Waals surface area contributed by atoms with Gasteiger partial charge in [0.1, 0.15) is 23.0 Å². The number of rotatable bonds is 7.